The van der Waals surface area contributed by atoms with Crippen molar-refractivity contribution in [1.82, 2.24) is 19.8 Å². The lowest BCUT2D eigenvalue weighted by molar-refractivity contribution is 0.0769. The van der Waals surface area contributed by atoms with Gasteiger partial charge in [-0.2, -0.15) is 0 Å². The fraction of sp³-hybridized carbons (Fsp3) is 0.346. The maximum absolute atomic E-state index is 13.4. The molecular formula is C26H27Cl3N4O2. The van der Waals surface area contributed by atoms with E-state index >= 15 is 0 Å². The second kappa shape index (κ2) is 11.1. The lowest BCUT2D eigenvalue weighted by atomic mass is 9.86. The van der Waals surface area contributed by atoms with Gasteiger partial charge in [0.15, 0.2) is 0 Å². The van der Waals surface area contributed by atoms with Crippen LogP contribution in [0.2, 0.25) is 15.1 Å². The second-order valence-corrected chi connectivity index (χ2v) is 10.3. The van der Waals surface area contributed by atoms with Crippen molar-refractivity contribution < 1.29 is 9.53 Å². The number of carbonyl (C=O) groups excluding carboxylic acids is 1. The quantitative estimate of drug-likeness (QED) is 0.383. The van der Waals surface area contributed by atoms with Gasteiger partial charge in [-0.05, 0) is 56.9 Å². The molecule has 184 valence electrons. The van der Waals surface area contributed by atoms with Gasteiger partial charge in [-0.1, -0.05) is 40.9 Å². The first-order valence-electron chi connectivity index (χ1n) is 11.3. The standard InChI is InChI=1S/C26H27Cl3N4O2/c1-16(35-25-9-6-19(27)12-31-25)21-14-33(15-22(21)17-5-8-23(28)24(29)10-17)26(34)18-4-7-20(30-11-18)13-32(2)3/h4-12,16,21-22H,13-15H2,1-3H3/t16-,21?,22+/m1/s1. The van der Waals surface area contributed by atoms with Crippen molar-refractivity contribution >= 4 is 40.7 Å². The molecule has 9 heteroatoms. The molecule has 3 aromatic rings. The highest BCUT2D eigenvalue weighted by molar-refractivity contribution is 6.42. The van der Waals surface area contributed by atoms with Crippen LogP contribution in [0, 0.1) is 5.92 Å². The Kier molecular flexibility index (Phi) is 8.17. The Labute approximate surface area is 220 Å². The van der Waals surface area contributed by atoms with E-state index in [0.29, 0.717) is 46.1 Å². The maximum Gasteiger partial charge on any atom is 0.255 e. The summed E-state index contributed by atoms with van der Waals surface area (Å²) in [6.07, 6.45) is 2.99. The van der Waals surface area contributed by atoms with E-state index in [0.717, 1.165) is 11.3 Å². The summed E-state index contributed by atoms with van der Waals surface area (Å²) in [6.45, 7) is 3.77. The topological polar surface area (TPSA) is 58.6 Å². The normalized spacial score (nSPS) is 18.7. The Balaban J connectivity index is 1.57. The van der Waals surface area contributed by atoms with Gasteiger partial charge in [-0.15, -0.1) is 0 Å². The van der Waals surface area contributed by atoms with Gasteiger partial charge in [-0.3, -0.25) is 9.78 Å². The van der Waals surface area contributed by atoms with Crippen LogP contribution < -0.4 is 4.74 Å². The monoisotopic (exact) mass is 532 g/mol. The number of aromatic nitrogens is 2. The Morgan fingerprint density at radius 2 is 1.86 bits per heavy atom. The van der Waals surface area contributed by atoms with Gasteiger partial charge in [-0.25, -0.2) is 4.98 Å². The molecule has 6 nitrogen and oxygen atoms in total. The van der Waals surface area contributed by atoms with Gasteiger partial charge in [0, 0.05) is 49.9 Å². The highest BCUT2D eigenvalue weighted by atomic mass is 35.5. The van der Waals surface area contributed by atoms with Crippen LogP contribution in [0.25, 0.3) is 0 Å². The zero-order chi connectivity index (χ0) is 25.1. The largest absolute Gasteiger partial charge is 0.474 e. The Hall–Kier alpha value is -2.38. The van der Waals surface area contributed by atoms with Crippen LogP contribution in [-0.4, -0.2) is 59.0 Å². The van der Waals surface area contributed by atoms with E-state index in [9.17, 15) is 4.79 Å². The molecule has 3 atom stereocenters. The highest BCUT2D eigenvalue weighted by Crippen LogP contribution is 2.38. The predicted molar refractivity (Wildman–Crippen MR) is 140 cm³/mol. The molecule has 1 fully saturated rings. The summed E-state index contributed by atoms with van der Waals surface area (Å²) in [5, 5.41) is 1.53. The molecule has 0 radical (unpaired) electrons. The highest BCUT2D eigenvalue weighted by Gasteiger charge is 2.40. The average molecular weight is 534 g/mol. The summed E-state index contributed by atoms with van der Waals surface area (Å²) >= 11 is 18.5. The van der Waals surface area contributed by atoms with Crippen molar-refractivity contribution in [3.8, 4) is 5.88 Å². The zero-order valence-corrected chi connectivity index (χ0v) is 22.1. The van der Waals surface area contributed by atoms with Crippen LogP contribution in [0.3, 0.4) is 0 Å². The summed E-state index contributed by atoms with van der Waals surface area (Å²) in [5.41, 5.74) is 2.49. The van der Waals surface area contributed by atoms with Crippen molar-refractivity contribution in [1.29, 1.82) is 0 Å². The third kappa shape index (κ3) is 6.25. The van der Waals surface area contributed by atoms with E-state index in [2.05, 4.69) is 9.97 Å². The zero-order valence-electron chi connectivity index (χ0n) is 19.8. The van der Waals surface area contributed by atoms with Crippen LogP contribution in [-0.2, 0) is 6.54 Å². The molecule has 1 unspecified atom stereocenters. The van der Waals surface area contributed by atoms with E-state index in [1.807, 2.05) is 55.1 Å². The van der Waals surface area contributed by atoms with E-state index in [-0.39, 0.29) is 23.8 Å². The van der Waals surface area contributed by atoms with Gasteiger partial charge in [0.05, 0.1) is 26.3 Å². The Bertz CT molecular complexity index is 1170. The minimum absolute atomic E-state index is 0.00893. The number of carbonyl (C=O) groups is 1. The average Bonchev–Trinajstić information content (AvgIpc) is 3.28. The van der Waals surface area contributed by atoms with Gasteiger partial charge in [0.25, 0.3) is 5.91 Å². The Morgan fingerprint density at radius 1 is 1.06 bits per heavy atom. The van der Waals surface area contributed by atoms with E-state index < -0.39 is 0 Å². The number of pyridine rings is 2. The predicted octanol–water partition coefficient (Wildman–Crippen LogP) is 5.82. The second-order valence-electron chi connectivity index (χ2n) is 9.07. The number of benzene rings is 1. The number of likely N-dealkylation sites (tertiary alicyclic amines) is 1. The molecule has 0 spiro atoms. The molecule has 0 saturated carbocycles. The summed E-state index contributed by atoms with van der Waals surface area (Å²) in [7, 11) is 3.97. The van der Waals surface area contributed by atoms with Crippen LogP contribution in [0.5, 0.6) is 5.88 Å². The van der Waals surface area contributed by atoms with E-state index in [1.165, 1.54) is 0 Å². The lowest BCUT2D eigenvalue weighted by Crippen LogP contribution is -2.32. The van der Waals surface area contributed by atoms with Gasteiger partial charge in [0.2, 0.25) is 5.88 Å². The van der Waals surface area contributed by atoms with Crippen molar-refractivity contribution in [3.63, 3.8) is 0 Å². The summed E-state index contributed by atoms with van der Waals surface area (Å²) in [6, 6.07) is 12.9. The first-order valence-corrected chi connectivity index (χ1v) is 12.5. The van der Waals surface area contributed by atoms with Crippen molar-refractivity contribution in [3.05, 3.63) is 86.7 Å². The number of hydrogen-bond donors (Lipinski definition) is 0. The van der Waals surface area contributed by atoms with E-state index in [1.54, 1.807) is 30.6 Å². The minimum atomic E-state index is -0.221. The number of rotatable bonds is 7. The lowest BCUT2D eigenvalue weighted by Gasteiger charge is -2.25. The fourth-order valence-electron chi connectivity index (χ4n) is 4.43. The van der Waals surface area contributed by atoms with Crippen molar-refractivity contribution in [2.75, 3.05) is 27.2 Å². The number of ether oxygens (including phenoxy) is 1. The molecule has 0 N–H and O–H groups in total. The fourth-order valence-corrected chi connectivity index (χ4v) is 4.85. The summed E-state index contributed by atoms with van der Waals surface area (Å²) in [5.74, 6) is 0.449. The molecule has 1 aromatic carbocycles. The molecule has 2 aromatic heterocycles. The number of halogens is 3. The SMILES string of the molecule is C[C@@H](Oc1ccc(Cl)cn1)C1CN(C(=O)c2ccc(CN(C)C)nc2)C[C@H]1c1ccc(Cl)c(Cl)c1. The van der Waals surface area contributed by atoms with Crippen molar-refractivity contribution in [2.45, 2.75) is 25.5 Å². The van der Waals surface area contributed by atoms with Crippen LogP contribution in [0.4, 0.5) is 0 Å². The first-order chi connectivity index (χ1) is 16.7. The molecule has 4 rings (SSSR count). The third-order valence-electron chi connectivity index (χ3n) is 6.18. The molecule has 35 heavy (non-hydrogen) atoms. The van der Waals surface area contributed by atoms with Crippen LogP contribution in [0.1, 0.15) is 34.5 Å². The van der Waals surface area contributed by atoms with E-state index in [4.69, 9.17) is 39.5 Å². The molecular weight excluding hydrogens is 507 g/mol. The first kappa shape index (κ1) is 25.7. The minimum Gasteiger partial charge on any atom is -0.474 e. The molecule has 0 aliphatic carbocycles. The smallest absolute Gasteiger partial charge is 0.255 e. The van der Waals surface area contributed by atoms with Gasteiger partial charge < -0.3 is 14.5 Å². The summed E-state index contributed by atoms with van der Waals surface area (Å²) in [4.78, 5) is 26.0. The molecule has 1 aliphatic rings. The molecule has 1 aliphatic heterocycles. The number of hydrogen-bond acceptors (Lipinski definition) is 5. The maximum atomic E-state index is 13.4. The van der Waals surface area contributed by atoms with Gasteiger partial charge in [0.1, 0.15) is 6.10 Å². The van der Waals surface area contributed by atoms with Gasteiger partial charge >= 0.3 is 0 Å². The number of nitrogens with zero attached hydrogens (tertiary/aromatic N) is 4. The third-order valence-corrected chi connectivity index (χ3v) is 7.15. The number of amides is 1. The molecule has 1 saturated heterocycles. The van der Waals surface area contributed by atoms with Crippen LogP contribution >= 0.6 is 34.8 Å². The Morgan fingerprint density at radius 3 is 2.49 bits per heavy atom. The van der Waals surface area contributed by atoms with Crippen molar-refractivity contribution in [2.24, 2.45) is 5.92 Å². The molecule has 1 amide bonds. The van der Waals surface area contributed by atoms with Crippen LogP contribution in [0.15, 0.2) is 54.9 Å². The molecule has 0 bridgehead atoms. The summed E-state index contributed by atoms with van der Waals surface area (Å²) < 4.78 is 6.16. The molecule has 3 heterocycles.